The van der Waals surface area contributed by atoms with E-state index in [1.165, 1.54) is 11.8 Å². The average Bonchev–Trinajstić information content (AvgIpc) is 2.20. The standard InChI is InChI=1S/C3H3NOS2.C2H6/c5-2-1-7-3(6)4-2;1-2/h1H2,(H,4,5,6);1-2H3. The van der Waals surface area contributed by atoms with Gasteiger partial charge in [0, 0.05) is 0 Å². The molecule has 1 saturated heterocycles. The Morgan fingerprint density at radius 2 is 2.22 bits per heavy atom. The first kappa shape index (κ1) is 8.91. The lowest BCUT2D eigenvalue weighted by molar-refractivity contribution is -0.116. The molecule has 0 spiro atoms. The van der Waals surface area contributed by atoms with Crippen LogP contribution in [0.5, 0.6) is 0 Å². The highest BCUT2D eigenvalue weighted by atomic mass is 32.2. The number of nitrogens with one attached hydrogen (secondary N) is 1. The molecule has 1 aliphatic heterocycles. The Kier molecular flexibility index (Phi) is 4.71. The highest BCUT2D eigenvalue weighted by Gasteiger charge is 2.13. The monoisotopic (exact) mass is 163 g/mol. The van der Waals surface area contributed by atoms with Gasteiger partial charge in [0.15, 0.2) is 0 Å². The third kappa shape index (κ3) is 3.48. The molecule has 1 amide bonds. The molecule has 0 atom stereocenters. The van der Waals surface area contributed by atoms with Crippen LogP contribution < -0.4 is 5.32 Å². The summed E-state index contributed by atoms with van der Waals surface area (Å²) in [5.41, 5.74) is 0. The van der Waals surface area contributed by atoms with Crippen LogP contribution in [0, 0.1) is 0 Å². The van der Waals surface area contributed by atoms with E-state index in [0.717, 1.165) is 0 Å². The molecule has 1 N–H and O–H groups in total. The zero-order valence-electron chi connectivity index (χ0n) is 5.43. The lowest BCUT2D eigenvalue weighted by Crippen LogP contribution is -2.18. The number of amides is 1. The minimum atomic E-state index is 0.0231. The van der Waals surface area contributed by atoms with Crippen LogP contribution in [0.15, 0.2) is 0 Å². The first-order chi connectivity index (χ1) is 4.29. The Hall–Kier alpha value is -0.0900. The molecule has 0 aromatic carbocycles. The smallest absolute Gasteiger partial charge is 0.235 e. The number of carbonyl (C=O) groups excluding carboxylic acids is 1. The second kappa shape index (κ2) is 4.76. The van der Waals surface area contributed by atoms with Gasteiger partial charge in [0.25, 0.3) is 0 Å². The summed E-state index contributed by atoms with van der Waals surface area (Å²) in [7, 11) is 0. The second-order valence-corrected chi connectivity index (χ2v) is 2.78. The number of rotatable bonds is 0. The lowest BCUT2D eigenvalue weighted by Gasteiger charge is -1.81. The Morgan fingerprint density at radius 1 is 1.67 bits per heavy atom. The van der Waals surface area contributed by atoms with Gasteiger partial charge in [0.1, 0.15) is 4.32 Å². The zero-order valence-corrected chi connectivity index (χ0v) is 7.06. The minimum absolute atomic E-state index is 0.0231. The molecule has 0 radical (unpaired) electrons. The molecule has 52 valence electrons. The predicted octanol–water partition coefficient (Wildman–Crippen LogP) is 1.16. The van der Waals surface area contributed by atoms with Crippen LogP contribution in [0.1, 0.15) is 13.8 Å². The summed E-state index contributed by atoms with van der Waals surface area (Å²) in [6.45, 7) is 4.00. The number of thioether (sulfide) groups is 1. The SMILES string of the molecule is CC.O=C1CSC(=S)N1. The molecule has 1 aliphatic rings. The van der Waals surface area contributed by atoms with Crippen LogP contribution >= 0.6 is 24.0 Å². The maximum atomic E-state index is 10.2. The maximum absolute atomic E-state index is 10.2. The van der Waals surface area contributed by atoms with Crippen molar-refractivity contribution in [3.8, 4) is 0 Å². The third-order valence-corrected chi connectivity index (χ3v) is 1.80. The van der Waals surface area contributed by atoms with Gasteiger partial charge in [-0.1, -0.05) is 37.8 Å². The van der Waals surface area contributed by atoms with Gasteiger partial charge in [-0.15, -0.1) is 0 Å². The van der Waals surface area contributed by atoms with Gasteiger partial charge >= 0.3 is 0 Å². The van der Waals surface area contributed by atoms with Crippen molar-refractivity contribution in [2.24, 2.45) is 0 Å². The zero-order chi connectivity index (χ0) is 7.28. The van der Waals surface area contributed by atoms with Gasteiger partial charge in [-0.05, 0) is 0 Å². The molecule has 0 aromatic heterocycles. The third-order valence-electron chi connectivity index (χ3n) is 0.576. The second-order valence-electron chi connectivity index (χ2n) is 1.12. The van der Waals surface area contributed by atoms with Crippen LogP contribution in [0.4, 0.5) is 0 Å². The summed E-state index contributed by atoms with van der Waals surface area (Å²) in [6.07, 6.45) is 0. The molecule has 0 saturated carbocycles. The topological polar surface area (TPSA) is 29.1 Å². The molecule has 1 heterocycles. The van der Waals surface area contributed by atoms with E-state index in [0.29, 0.717) is 10.1 Å². The summed E-state index contributed by atoms with van der Waals surface area (Å²) < 4.78 is 0.602. The van der Waals surface area contributed by atoms with Gasteiger partial charge in [-0.25, -0.2) is 0 Å². The van der Waals surface area contributed by atoms with Gasteiger partial charge in [0.2, 0.25) is 5.91 Å². The van der Waals surface area contributed by atoms with Gasteiger partial charge in [-0.3, -0.25) is 4.79 Å². The first-order valence-corrected chi connectivity index (χ1v) is 4.15. The fourth-order valence-corrected chi connectivity index (χ4v) is 1.13. The van der Waals surface area contributed by atoms with Gasteiger partial charge in [0.05, 0.1) is 5.75 Å². The van der Waals surface area contributed by atoms with E-state index in [1.807, 2.05) is 13.8 Å². The molecule has 0 aromatic rings. The average molecular weight is 163 g/mol. The van der Waals surface area contributed by atoms with E-state index in [9.17, 15) is 4.79 Å². The van der Waals surface area contributed by atoms with Crippen molar-refractivity contribution in [3.63, 3.8) is 0 Å². The highest BCUT2D eigenvalue weighted by Crippen LogP contribution is 2.06. The minimum Gasteiger partial charge on any atom is -0.311 e. The molecular weight excluding hydrogens is 154 g/mol. The van der Waals surface area contributed by atoms with Crippen molar-refractivity contribution < 1.29 is 4.79 Å². The van der Waals surface area contributed by atoms with Crippen LogP contribution in [0.25, 0.3) is 0 Å². The normalized spacial score (nSPS) is 16.2. The predicted molar refractivity (Wildman–Crippen MR) is 44.5 cm³/mol. The van der Waals surface area contributed by atoms with Crippen LogP contribution in [0.3, 0.4) is 0 Å². The highest BCUT2D eigenvalue weighted by molar-refractivity contribution is 8.24. The molecule has 0 unspecified atom stereocenters. The molecule has 4 heteroatoms. The quantitative estimate of drug-likeness (QED) is 0.543. The van der Waals surface area contributed by atoms with E-state index < -0.39 is 0 Å². The van der Waals surface area contributed by atoms with Crippen LogP contribution in [0.2, 0.25) is 0 Å². The van der Waals surface area contributed by atoms with E-state index in [4.69, 9.17) is 0 Å². The molecule has 1 fully saturated rings. The summed E-state index contributed by atoms with van der Waals surface area (Å²) in [4.78, 5) is 10.2. The van der Waals surface area contributed by atoms with E-state index in [1.54, 1.807) is 0 Å². The van der Waals surface area contributed by atoms with E-state index in [-0.39, 0.29) is 5.91 Å². The van der Waals surface area contributed by atoms with Crippen molar-refractivity contribution in [2.45, 2.75) is 13.8 Å². The van der Waals surface area contributed by atoms with Crippen molar-refractivity contribution in [1.29, 1.82) is 0 Å². The number of carbonyl (C=O) groups is 1. The maximum Gasteiger partial charge on any atom is 0.235 e. The number of hydrogen-bond donors (Lipinski definition) is 1. The molecular formula is C5H9NOS2. The van der Waals surface area contributed by atoms with Crippen molar-refractivity contribution in [1.82, 2.24) is 5.32 Å². The molecule has 1 rings (SSSR count). The van der Waals surface area contributed by atoms with Crippen molar-refractivity contribution in [3.05, 3.63) is 0 Å². The van der Waals surface area contributed by atoms with E-state index >= 15 is 0 Å². The van der Waals surface area contributed by atoms with Gasteiger partial charge in [-0.2, -0.15) is 0 Å². The van der Waals surface area contributed by atoms with Gasteiger partial charge < -0.3 is 5.32 Å². The summed E-state index contributed by atoms with van der Waals surface area (Å²) >= 11 is 6.00. The van der Waals surface area contributed by atoms with Crippen LogP contribution in [-0.4, -0.2) is 16.0 Å². The molecule has 0 bridgehead atoms. The summed E-state index contributed by atoms with van der Waals surface area (Å²) in [6, 6.07) is 0. The summed E-state index contributed by atoms with van der Waals surface area (Å²) in [5, 5.41) is 2.47. The molecule has 0 aliphatic carbocycles. The van der Waals surface area contributed by atoms with Crippen molar-refractivity contribution >= 4 is 34.2 Å². The first-order valence-electron chi connectivity index (χ1n) is 2.75. The lowest BCUT2D eigenvalue weighted by atomic mass is 10.7. The van der Waals surface area contributed by atoms with Crippen LogP contribution in [-0.2, 0) is 4.79 Å². The number of thiocarbonyl (C=S) groups is 1. The summed E-state index contributed by atoms with van der Waals surface area (Å²) in [5.74, 6) is 0.522. The Bertz CT molecular complexity index is 110. The largest absolute Gasteiger partial charge is 0.311 e. The Balaban J connectivity index is 0.000000291. The fourth-order valence-electron chi connectivity index (χ4n) is 0.317. The van der Waals surface area contributed by atoms with Crippen molar-refractivity contribution in [2.75, 3.05) is 5.75 Å². The molecule has 2 nitrogen and oxygen atoms in total. The number of hydrogen-bond acceptors (Lipinski definition) is 3. The fraction of sp³-hybridized carbons (Fsp3) is 0.600. The Labute approximate surface area is 64.4 Å². The Morgan fingerprint density at radius 3 is 2.33 bits per heavy atom. The molecule has 9 heavy (non-hydrogen) atoms. The van der Waals surface area contributed by atoms with E-state index in [2.05, 4.69) is 17.5 Å².